The van der Waals surface area contributed by atoms with Crippen molar-refractivity contribution in [3.8, 4) is 11.1 Å². The molecule has 0 fully saturated rings. The number of hydrogen-bond acceptors (Lipinski definition) is 3. The van der Waals surface area contributed by atoms with Gasteiger partial charge in [-0.2, -0.15) is 0 Å². The second-order valence-corrected chi connectivity index (χ2v) is 8.90. The highest BCUT2D eigenvalue weighted by Gasteiger charge is 2.53. The first-order valence-corrected chi connectivity index (χ1v) is 10.1. The number of aliphatic hydroxyl groups is 1. The summed E-state index contributed by atoms with van der Waals surface area (Å²) in [5, 5.41) is 10.9. The van der Waals surface area contributed by atoms with E-state index < -0.39 is 34.4 Å². The van der Waals surface area contributed by atoms with Gasteiger partial charge in [-0.25, -0.2) is 13.2 Å². The maximum Gasteiger partial charge on any atom is 0.263 e. The van der Waals surface area contributed by atoms with Gasteiger partial charge in [-0.05, 0) is 62.9 Å². The summed E-state index contributed by atoms with van der Waals surface area (Å²) in [5.74, 6) is -2.01. The predicted molar refractivity (Wildman–Crippen MR) is 113 cm³/mol. The van der Waals surface area contributed by atoms with Gasteiger partial charge in [0.25, 0.3) is 6.43 Å². The molecule has 2 aromatic carbocycles. The monoisotopic (exact) mass is 430 g/mol. The van der Waals surface area contributed by atoms with E-state index in [4.69, 9.17) is 0 Å². The Morgan fingerprint density at radius 1 is 0.935 bits per heavy atom. The number of benzene rings is 2. The van der Waals surface area contributed by atoms with Gasteiger partial charge < -0.3 is 5.11 Å². The summed E-state index contributed by atoms with van der Waals surface area (Å²) in [7, 11) is 0. The number of alkyl halides is 2. The van der Waals surface area contributed by atoms with E-state index in [1.54, 1.807) is 32.0 Å². The van der Waals surface area contributed by atoms with E-state index in [1.165, 1.54) is 19.9 Å². The molecule has 0 saturated heterocycles. The number of ketones is 2. The van der Waals surface area contributed by atoms with E-state index in [9.17, 15) is 27.9 Å². The van der Waals surface area contributed by atoms with Gasteiger partial charge in [-0.15, -0.1) is 0 Å². The highest BCUT2D eigenvalue weighted by molar-refractivity contribution is 6.34. The van der Waals surface area contributed by atoms with Crippen molar-refractivity contribution >= 4 is 17.1 Å². The molecule has 0 aromatic heterocycles. The summed E-state index contributed by atoms with van der Waals surface area (Å²) >= 11 is 0. The lowest BCUT2D eigenvalue weighted by Crippen LogP contribution is -2.48. The molecule has 2 aromatic rings. The van der Waals surface area contributed by atoms with E-state index in [0.717, 1.165) is 17.7 Å². The lowest BCUT2D eigenvalue weighted by molar-refractivity contribution is -0.143. The number of aryl methyl sites for hydroxylation is 1. The number of Topliss-reactive ketones (excluding diaryl/α,β-unsaturated/α-hetero) is 2. The molecule has 0 bridgehead atoms. The first-order chi connectivity index (χ1) is 14.3. The van der Waals surface area contributed by atoms with E-state index in [-0.39, 0.29) is 22.7 Å². The average molecular weight is 430 g/mol. The summed E-state index contributed by atoms with van der Waals surface area (Å²) in [6, 6.07) is 8.16. The second-order valence-electron chi connectivity index (χ2n) is 8.90. The molecule has 0 aliphatic heterocycles. The van der Waals surface area contributed by atoms with Crippen LogP contribution in [0, 0.1) is 16.6 Å². The van der Waals surface area contributed by atoms with Gasteiger partial charge in [0, 0.05) is 11.1 Å². The number of hydrogen-bond donors (Lipinski definition) is 1. The molecule has 0 saturated carbocycles. The van der Waals surface area contributed by atoms with Crippen molar-refractivity contribution in [1.82, 2.24) is 0 Å². The van der Waals surface area contributed by atoms with Crippen LogP contribution in [0.2, 0.25) is 0 Å². The van der Waals surface area contributed by atoms with Crippen LogP contribution in [0.1, 0.15) is 57.7 Å². The Morgan fingerprint density at radius 2 is 1.58 bits per heavy atom. The van der Waals surface area contributed by atoms with E-state index in [2.05, 4.69) is 0 Å². The normalized spacial score (nSPS) is 18.1. The second kappa shape index (κ2) is 7.66. The molecule has 3 nitrogen and oxygen atoms in total. The van der Waals surface area contributed by atoms with Crippen molar-refractivity contribution in [3.05, 3.63) is 64.7 Å². The third-order valence-corrected chi connectivity index (χ3v) is 6.08. The highest BCUT2D eigenvalue weighted by Crippen LogP contribution is 2.47. The Balaban J connectivity index is 2.26. The van der Waals surface area contributed by atoms with Crippen LogP contribution in [0.5, 0.6) is 0 Å². The van der Waals surface area contributed by atoms with Gasteiger partial charge in [0.1, 0.15) is 11.6 Å². The van der Waals surface area contributed by atoms with Gasteiger partial charge in [0.15, 0.2) is 11.6 Å². The number of rotatable bonds is 4. The van der Waals surface area contributed by atoms with Crippen LogP contribution < -0.4 is 0 Å². The summed E-state index contributed by atoms with van der Waals surface area (Å²) in [6.45, 7) is 8.07. The van der Waals surface area contributed by atoms with E-state index in [0.29, 0.717) is 17.5 Å². The SMILES string of the molecule is CCc1ccc(-c2ccc(C(F)F)cc2F)cc1C1=C(O)C(C)(C)C(=O)C(C)(C)C1=O. The molecular weight excluding hydrogens is 405 g/mol. The number of aliphatic hydroxyl groups excluding tert-OH is 1. The molecule has 164 valence electrons. The minimum Gasteiger partial charge on any atom is -0.510 e. The molecule has 0 heterocycles. The smallest absolute Gasteiger partial charge is 0.263 e. The fourth-order valence-electron chi connectivity index (χ4n) is 4.16. The lowest BCUT2D eigenvalue weighted by atomic mass is 9.62. The van der Waals surface area contributed by atoms with Crippen LogP contribution in [0.25, 0.3) is 16.7 Å². The first-order valence-electron chi connectivity index (χ1n) is 10.1. The topological polar surface area (TPSA) is 54.4 Å². The zero-order valence-corrected chi connectivity index (χ0v) is 18.1. The predicted octanol–water partition coefficient (Wildman–Crippen LogP) is 6.47. The van der Waals surface area contributed by atoms with Crippen molar-refractivity contribution in [1.29, 1.82) is 0 Å². The maximum absolute atomic E-state index is 14.6. The Hall–Kier alpha value is -2.89. The summed E-state index contributed by atoms with van der Waals surface area (Å²) in [4.78, 5) is 26.1. The van der Waals surface area contributed by atoms with Crippen molar-refractivity contribution in [2.45, 2.75) is 47.5 Å². The molecule has 3 rings (SSSR count). The van der Waals surface area contributed by atoms with Crippen molar-refractivity contribution in [2.24, 2.45) is 10.8 Å². The van der Waals surface area contributed by atoms with Crippen LogP contribution in [0.15, 0.2) is 42.2 Å². The molecular formula is C25H25F3O3. The number of carbonyl (C=O) groups excluding carboxylic acids is 2. The quantitative estimate of drug-likeness (QED) is 0.566. The minimum atomic E-state index is -2.79. The lowest BCUT2D eigenvalue weighted by Gasteiger charge is -2.38. The van der Waals surface area contributed by atoms with Crippen LogP contribution in [-0.2, 0) is 16.0 Å². The van der Waals surface area contributed by atoms with Gasteiger partial charge in [0.2, 0.25) is 0 Å². The Morgan fingerprint density at radius 3 is 2.13 bits per heavy atom. The van der Waals surface area contributed by atoms with Crippen LogP contribution >= 0.6 is 0 Å². The fourth-order valence-corrected chi connectivity index (χ4v) is 4.16. The molecule has 0 spiro atoms. The maximum atomic E-state index is 14.6. The molecule has 0 amide bonds. The van der Waals surface area contributed by atoms with Gasteiger partial charge in [-0.3, -0.25) is 9.59 Å². The average Bonchev–Trinajstić information content (AvgIpc) is 2.72. The Labute approximate surface area is 179 Å². The molecule has 1 aliphatic carbocycles. The zero-order valence-electron chi connectivity index (χ0n) is 18.1. The van der Waals surface area contributed by atoms with Gasteiger partial charge in [-0.1, -0.05) is 31.2 Å². The third-order valence-electron chi connectivity index (χ3n) is 6.08. The van der Waals surface area contributed by atoms with E-state index >= 15 is 0 Å². The largest absolute Gasteiger partial charge is 0.510 e. The molecule has 31 heavy (non-hydrogen) atoms. The Bertz CT molecular complexity index is 1110. The fraction of sp³-hybridized carbons (Fsp3) is 0.360. The number of carbonyl (C=O) groups is 2. The van der Waals surface area contributed by atoms with Crippen LogP contribution in [-0.4, -0.2) is 16.7 Å². The molecule has 0 atom stereocenters. The van der Waals surface area contributed by atoms with Crippen LogP contribution in [0.4, 0.5) is 13.2 Å². The molecule has 6 heteroatoms. The third kappa shape index (κ3) is 3.58. The highest BCUT2D eigenvalue weighted by atomic mass is 19.3. The van der Waals surface area contributed by atoms with Crippen molar-refractivity contribution in [2.75, 3.05) is 0 Å². The molecule has 0 unspecified atom stereocenters. The standard InChI is InChI=1S/C25H25F3O3/c1-6-13-7-8-14(16-10-9-15(22(27)28)12-18(16)26)11-17(13)19-20(29)24(2,3)23(31)25(4,5)21(19)30/h7-12,22,29H,6H2,1-5H3. The molecule has 0 radical (unpaired) electrons. The zero-order chi connectivity index (χ0) is 23.3. The van der Waals surface area contributed by atoms with E-state index in [1.807, 2.05) is 6.92 Å². The number of allylic oxidation sites excluding steroid dienone is 2. The molecule has 1 N–H and O–H groups in total. The molecule has 1 aliphatic rings. The van der Waals surface area contributed by atoms with Crippen molar-refractivity contribution in [3.63, 3.8) is 0 Å². The minimum absolute atomic E-state index is 0.0397. The number of halogens is 3. The Kier molecular flexibility index (Phi) is 5.63. The van der Waals surface area contributed by atoms with Crippen molar-refractivity contribution < 1.29 is 27.9 Å². The summed E-state index contributed by atoms with van der Waals surface area (Å²) in [5.41, 5.74) is -1.35. The van der Waals surface area contributed by atoms with Gasteiger partial charge >= 0.3 is 0 Å². The van der Waals surface area contributed by atoms with Crippen LogP contribution in [0.3, 0.4) is 0 Å². The first kappa shape index (κ1) is 22.8. The summed E-state index contributed by atoms with van der Waals surface area (Å²) < 4.78 is 40.4. The van der Waals surface area contributed by atoms with Gasteiger partial charge in [0.05, 0.1) is 16.4 Å². The summed E-state index contributed by atoms with van der Waals surface area (Å²) in [6.07, 6.45) is -2.26.